The van der Waals surface area contributed by atoms with Gasteiger partial charge in [-0.25, -0.2) is 14.1 Å². The predicted octanol–water partition coefficient (Wildman–Crippen LogP) is 1.68. The average Bonchev–Trinajstić information content (AvgIpc) is 2.86. The zero-order valence-corrected chi connectivity index (χ0v) is 14.2. The van der Waals surface area contributed by atoms with Crippen LogP contribution < -0.4 is 15.0 Å². The Morgan fingerprint density at radius 2 is 2.15 bits per heavy atom. The molecule has 9 heteroatoms. The topological polar surface area (TPSA) is 96.0 Å². The third kappa shape index (κ3) is 3.12. The van der Waals surface area contributed by atoms with Crippen LogP contribution in [0.5, 0.6) is 5.75 Å². The molecule has 3 rings (SSSR count). The van der Waals surface area contributed by atoms with Crippen LogP contribution in [0, 0.1) is 5.82 Å². The highest BCUT2D eigenvalue weighted by Gasteiger charge is 2.47. The molecule has 2 saturated heterocycles. The Kier molecular flexibility index (Phi) is 4.88. The number of halogens is 1. The number of fused-ring (bicyclic) bond motifs is 1. The Bertz CT molecular complexity index is 758. The number of anilines is 2. The van der Waals surface area contributed by atoms with Crippen molar-refractivity contribution in [2.75, 3.05) is 23.4 Å². The van der Waals surface area contributed by atoms with Crippen molar-refractivity contribution >= 4 is 35.5 Å². The number of piperidine rings is 1. The van der Waals surface area contributed by atoms with E-state index in [1.807, 2.05) is 0 Å². The summed E-state index contributed by atoms with van der Waals surface area (Å²) in [6.07, 6.45) is 2.64. The van der Waals surface area contributed by atoms with Crippen molar-refractivity contribution in [3.05, 3.63) is 17.9 Å². The maximum Gasteiger partial charge on any atom is 0.332 e. The van der Waals surface area contributed by atoms with Gasteiger partial charge >= 0.3 is 6.03 Å². The SMILES string of the molecule is CC(=O)Nc1cc(N2C(=O)C3CCCCN3C2=O)c(F)cc1OCC=O. The smallest absolute Gasteiger partial charge is 0.332 e. The molecule has 0 aliphatic carbocycles. The van der Waals surface area contributed by atoms with E-state index in [1.54, 1.807) is 0 Å². The molecule has 1 aromatic carbocycles. The van der Waals surface area contributed by atoms with Crippen molar-refractivity contribution in [1.82, 2.24) is 4.90 Å². The zero-order valence-electron chi connectivity index (χ0n) is 14.2. The van der Waals surface area contributed by atoms with Gasteiger partial charge in [-0.2, -0.15) is 0 Å². The highest BCUT2D eigenvalue weighted by molar-refractivity contribution is 6.21. The van der Waals surface area contributed by atoms with Gasteiger partial charge in [0.15, 0.2) is 12.1 Å². The van der Waals surface area contributed by atoms with Crippen molar-refractivity contribution in [3.8, 4) is 5.75 Å². The van der Waals surface area contributed by atoms with E-state index in [0.29, 0.717) is 19.3 Å². The Labute approximate surface area is 148 Å². The molecule has 0 saturated carbocycles. The van der Waals surface area contributed by atoms with E-state index in [9.17, 15) is 23.6 Å². The summed E-state index contributed by atoms with van der Waals surface area (Å²) in [6.45, 7) is 1.37. The molecule has 1 N–H and O–H groups in total. The minimum absolute atomic E-state index is 0.0645. The zero-order chi connectivity index (χ0) is 18.8. The minimum atomic E-state index is -0.860. The summed E-state index contributed by atoms with van der Waals surface area (Å²) in [5.41, 5.74) is -0.183. The van der Waals surface area contributed by atoms with E-state index in [0.717, 1.165) is 23.8 Å². The fourth-order valence-electron chi connectivity index (χ4n) is 3.26. The lowest BCUT2D eigenvalue weighted by molar-refractivity contribution is -0.120. The Balaban J connectivity index is 2.01. The molecule has 2 fully saturated rings. The standard InChI is InChI=1S/C17H18FN3O5/c1-10(23)19-12-9-14(11(18)8-15(12)26-7-6-22)21-16(24)13-4-2-3-5-20(13)17(21)25/h6,8-9,13H,2-5,7H2,1H3,(H,19,23). The first-order chi connectivity index (χ1) is 12.4. The molecule has 8 nitrogen and oxygen atoms in total. The van der Waals surface area contributed by atoms with Gasteiger partial charge in [0, 0.05) is 19.5 Å². The second-order valence-corrected chi connectivity index (χ2v) is 6.12. The maximum absolute atomic E-state index is 14.6. The molecule has 4 amide bonds. The number of ether oxygens (including phenoxy) is 1. The minimum Gasteiger partial charge on any atom is -0.484 e. The molecule has 138 valence electrons. The second-order valence-electron chi connectivity index (χ2n) is 6.12. The molecule has 1 atom stereocenters. The van der Waals surface area contributed by atoms with Gasteiger partial charge in [0.25, 0.3) is 5.91 Å². The van der Waals surface area contributed by atoms with Crippen LogP contribution >= 0.6 is 0 Å². The molecule has 0 bridgehead atoms. The number of benzene rings is 1. The first-order valence-electron chi connectivity index (χ1n) is 8.26. The van der Waals surface area contributed by atoms with Crippen LogP contribution in [0.3, 0.4) is 0 Å². The molecule has 0 spiro atoms. The number of urea groups is 1. The number of hydrogen-bond donors (Lipinski definition) is 1. The number of carbonyl (C=O) groups excluding carboxylic acids is 4. The summed E-state index contributed by atoms with van der Waals surface area (Å²) in [5, 5.41) is 2.46. The number of rotatable bonds is 5. The number of imide groups is 1. The third-order valence-corrected chi connectivity index (χ3v) is 4.35. The number of carbonyl (C=O) groups is 4. The molecule has 1 unspecified atom stereocenters. The fourth-order valence-corrected chi connectivity index (χ4v) is 3.26. The van der Waals surface area contributed by atoms with Crippen LogP contribution in [-0.2, 0) is 14.4 Å². The largest absolute Gasteiger partial charge is 0.484 e. The second kappa shape index (κ2) is 7.11. The van der Waals surface area contributed by atoms with Gasteiger partial charge in [0.1, 0.15) is 18.4 Å². The lowest BCUT2D eigenvalue weighted by atomic mass is 10.0. The summed E-state index contributed by atoms with van der Waals surface area (Å²) in [4.78, 5) is 49.4. The van der Waals surface area contributed by atoms with Gasteiger partial charge < -0.3 is 15.0 Å². The van der Waals surface area contributed by atoms with Crippen LogP contribution in [-0.4, -0.2) is 48.2 Å². The first-order valence-corrected chi connectivity index (χ1v) is 8.26. The van der Waals surface area contributed by atoms with Crippen molar-refractivity contribution in [2.24, 2.45) is 0 Å². The molecule has 0 aromatic heterocycles. The van der Waals surface area contributed by atoms with Crippen LogP contribution in [0.25, 0.3) is 0 Å². The number of nitrogens with zero attached hydrogens (tertiary/aromatic N) is 2. The maximum atomic E-state index is 14.6. The van der Waals surface area contributed by atoms with Crippen LogP contribution in [0.4, 0.5) is 20.6 Å². The summed E-state index contributed by atoms with van der Waals surface area (Å²) < 4.78 is 19.7. The van der Waals surface area contributed by atoms with Crippen molar-refractivity contribution in [2.45, 2.75) is 32.2 Å². The average molecular weight is 363 g/mol. The summed E-state index contributed by atoms with van der Waals surface area (Å²) in [5.74, 6) is -1.86. The van der Waals surface area contributed by atoms with Gasteiger partial charge in [-0.05, 0) is 25.3 Å². The Morgan fingerprint density at radius 3 is 2.81 bits per heavy atom. The fraction of sp³-hybridized carbons (Fsp3) is 0.412. The van der Waals surface area contributed by atoms with Gasteiger partial charge in [0.05, 0.1) is 11.4 Å². The van der Waals surface area contributed by atoms with E-state index in [1.165, 1.54) is 17.9 Å². The van der Waals surface area contributed by atoms with E-state index >= 15 is 0 Å². The summed E-state index contributed by atoms with van der Waals surface area (Å²) >= 11 is 0. The van der Waals surface area contributed by atoms with Crippen molar-refractivity contribution in [1.29, 1.82) is 0 Å². The highest BCUT2D eigenvalue weighted by atomic mass is 19.1. The van der Waals surface area contributed by atoms with E-state index in [4.69, 9.17) is 4.74 Å². The highest BCUT2D eigenvalue weighted by Crippen LogP contribution is 2.37. The number of hydrogen-bond acceptors (Lipinski definition) is 5. The molecule has 2 heterocycles. The lowest BCUT2D eigenvalue weighted by Crippen LogP contribution is -2.39. The molecule has 2 aliphatic heterocycles. The Morgan fingerprint density at radius 1 is 1.38 bits per heavy atom. The molecule has 2 aliphatic rings. The van der Waals surface area contributed by atoms with Gasteiger partial charge in [-0.3, -0.25) is 14.4 Å². The molecular formula is C17H18FN3O5. The lowest BCUT2D eigenvalue weighted by Gasteiger charge is -2.26. The van der Waals surface area contributed by atoms with Crippen LogP contribution in [0.15, 0.2) is 12.1 Å². The Hall–Kier alpha value is -2.97. The van der Waals surface area contributed by atoms with Crippen LogP contribution in [0.1, 0.15) is 26.2 Å². The van der Waals surface area contributed by atoms with Crippen molar-refractivity contribution < 1.29 is 28.3 Å². The molecule has 0 radical (unpaired) electrons. The van der Waals surface area contributed by atoms with E-state index < -0.39 is 29.7 Å². The quantitative estimate of drug-likeness (QED) is 0.634. The predicted molar refractivity (Wildman–Crippen MR) is 89.5 cm³/mol. The molecule has 26 heavy (non-hydrogen) atoms. The van der Waals surface area contributed by atoms with Gasteiger partial charge in [-0.1, -0.05) is 0 Å². The first kappa shape index (κ1) is 17.8. The monoisotopic (exact) mass is 363 g/mol. The van der Waals surface area contributed by atoms with Gasteiger partial charge in [0.2, 0.25) is 5.91 Å². The molecule has 1 aromatic rings. The summed E-state index contributed by atoms with van der Waals surface area (Å²) in [7, 11) is 0. The normalized spacial score (nSPS) is 19.4. The number of aldehydes is 1. The van der Waals surface area contributed by atoms with Crippen molar-refractivity contribution in [3.63, 3.8) is 0 Å². The number of nitrogens with one attached hydrogen (secondary N) is 1. The van der Waals surface area contributed by atoms with E-state index in [-0.39, 0.29) is 23.7 Å². The third-order valence-electron chi connectivity index (χ3n) is 4.35. The van der Waals surface area contributed by atoms with Crippen LogP contribution in [0.2, 0.25) is 0 Å². The van der Waals surface area contributed by atoms with Gasteiger partial charge in [-0.15, -0.1) is 0 Å². The summed E-state index contributed by atoms with van der Waals surface area (Å²) in [6, 6.07) is 0.965. The van der Waals surface area contributed by atoms with E-state index in [2.05, 4.69) is 5.32 Å². The number of amides is 4. The molecular weight excluding hydrogens is 345 g/mol.